The Morgan fingerprint density at radius 2 is 1.36 bits per heavy atom. The van der Waals surface area contributed by atoms with Gasteiger partial charge in [-0.1, -0.05) is 0 Å². The van der Waals surface area contributed by atoms with Crippen molar-refractivity contribution in [3.8, 4) is 0 Å². The fourth-order valence-electron chi connectivity index (χ4n) is 1.68. The second-order valence-electron chi connectivity index (χ2n) is 3.54. The van der Waals surface area contributed by atoms with Gasteiger partial charge < -0.3 is 0 Å². The summed E-state index contributed by atoms with van der Waals surface area (Å²) in [5, 5.41) is 0. The minimum atomic E-state index is 0.484. The summed E-state index contributed by atoms with van der Waals surface area (Å²) in [5.74, 6) is 4.67. The van der Waals surface area contributed by atoms with E-state index in [9.17, 15) is 0 Å². The Bertz CT molecular complexity index is 344. The van der Waals surface area contributed by atoms with E-state index in [4.69, 9.17) is 0 Å². The topological polar surface area (TPSA) is 0 Å². The average molecular weight is 178 g/mol. The van der Waals surface area contributed by atoms with Crippen LogP contribution < -0.4 is 0 Å². The zero-order valence-electron chi connectivity index (χ0n) is 8.35. The van der Waals surface area contributed by atoms with Crippen molar-refractivity contribution in [2.24, 2.45) is 0 Å². The molecule has 2 aromatic heterocycles. The molecule has 0 radical (unpaired) electrons. The van der Waals surface area contributed by atoms with Crippen molar-refractivity contribution < 1.29 is 0 Å². The molecule has 2 aromatic rings. The second kappa shape index (κ2) is 4.36. The Hall–Kier alpha value is -1.17. The molecule has 0 N–H and O–H groups in total. The van der Waals surface area contributed by atoms with E-state index in [0.29, 0.717) is 5.92 Å². The average Bonchev–Trinajstić information content (AvgIpc) is 2.30. The second-order valence-corrected chi connectivity index (χ2v) is 3.54. The van der Waals surface area contributed by atoms with Crippen molar-refractivity contribution >= 4 is 13.8 Å². The van der Waals surface area contributed by atoms with Crippen molar-refractivity contribution in [2.45, 2.75) is 12.8 Å². The summed E-state index contributed by atoms with van der Waals surface area (Å²) in [6, 6.07) is 12.7. The van der Waals surface area contributed by atoms with Gasteiger partial charge in [0, 0.05) is 0 Å². The van der Waals surface area contributed by atoms with Crippen molar-refractivity contribution in [1.82, 2.24) is 0 Å². The maximum atomic E-state index is 2.24. The molecule has 0 bridgehead atoms. The molecule has 0 aliphatic heterocycles. The Kier molecular flexibility index (Phi) is 2.93. The van der Waals surface area contributed by atoms with E-state index in [2.05, 4.69) is 69.1 Å². The quantitative estimate of drug-likeness (QED) is 0.662. The van der Waals surface area contributed by atoms with Crippen LogP contribution >= 0.6 is 0 Å². The van der Waals surface area contributed by atoms with E-state index in [1.165, 1.54) is 10.9 Å². The Morgan fingerprint density at radius 3 is 1.71 bits per heavy atom. The molecule has 14 heavy (non-hydrogen) atoms. The Morgan fingerprint density at radius 1 is 0.857 bits per heavy atom. The van der Waals surface area contributed by atoms with Crippen molar-refractivity contribution in [2.75, 3.05) is 0 Å². The first kappa shape index (κ1) is 9.39. The first-order valence-corrected chi connectivity index (χ1v) is 4.98. The van der Waals surface area contributed by atoms with Crippen LogP contribution in [0.25, 0.3) is 0 Å². The standard InChI is InChI=1S/C12H12B2/c1-10(11-6-2-4-8-13-11)12-7-3-5-9-14-12/h2-10H,1H3. The van der Waals surface area contributed by atoms with Crippen molar-refractivity contribution in [3.63, 3.8) is 0 Å². The Labute approximate surface area is 86.4 Å². The zero-order chi connectivity index (χ0) is 9.80. The molecule has 0 aromatic carbocycles. The fourth-order valence-corrected chi connectivity index (χ4v) is 1.68. The first-order chi connectivity index (χ1) is 6.88. The molecule has 0 nitrogen and oxygen atoms in total. The summed E-state index contributed by atoms with van der Waals surface area (Å²) in [7, 11) is 0. The molecule has 0 saturated heterocycles. The molecule has 0 unspecified atom stereocenters. The van der Waals surface area contributed by atoms with E-state index in [-0.39, 0.29) is 0 Å². The van der Waals surface area contributed by atoms with Crippen LogP contribution in [0.2, 0.25) is 0 Å². The van der Waals surface area contributed by atoms with Crippen LogP contribution in [0, 0.1) is 0 Å². The molecule has 0 spiro atoms. The van der Waals surface area contributed by atoms with Gasteiger partial charge in [0.15, 0.2) is 0 Å². The molecule has 2 rings (SSSR count). The van der Waals surface area contributed by atoms with Gasteiger partial charge in [-0.15, -0.1) is 0 Å². The minimum absolute atomic E-state index is 0.484. The van der Waals surface area contributed by atoms with E-state index >= 15 is 0 Å². The van der Waals surface area contributed by atoms with Gasteiger partial charge in [-0.3, -0.25) is 0 Å². The molecule has 0 aliphatic carbocycles. The predicted molar refractivity (Wildman–Crippen MR) is 63.1 cm³/mol. The predicted octanol–water partition coefficient (Wildman–Crippen LogP) is 2.51. The third-order valence-corrected chi connectivity index (χ3v) is 2.60. The van der Waals surface area contributed by atoms with Gasteiger partial charge in [-0.25, -0.2) is 0 Å². The van der Waals surface area contributed by atoms with Crippen LogP contribution in [0.5, 0.6) is 0 Å². The van der Waals surface area contributed by atoms with Crippen LogP contribution in [0.4, 0.5) is 0 Å². The molecule has 0 aliphatic rings. The van der Waals surface area contributed by atoms with Gasteiger partial charge in [0.05, 0.1) is 0 Å². The van der Waals surface area contributed by atoms with E-state index in [1.807, 2.05) is 0 Å². The van der Waals surface area contributed by atoms with Crippen LogP contribution in [0.15, 0.2) is 48.3 Å². The normalized spacial score (nSPS) is 9.86. The van der Waals surface area contributed by atoms with Crippen molar-refractivity contribution in [1.29, 1.82) is 0 Å². The number of hydrogen-bond donors (Lipinski definition) is 0. The molecule has 0 saturated carbocycles. The maximum absolute atomic E-state index is 2.24. The van der Waals surface area contributed by atoms with Gasteiger partial charge in [-0.05, 0) is 0 Å². The fraction of sp³-hybridized carbons (Fsp3) is 0.167. The summed E-state index contributed by atoms with van der Waals surface area (Å²) in [5.41, 5.74) is 2.75. The van der Waals surface area contributed by atoms with Gasteiger partial charge >= 0.3 is 85.9 Å². The van der Waals surface area contributed by atoms with Crippen LogP contribution in [0.3, 0.4) is 0 Å². The van der Waals surface area contributed by atoms with Crippen LogP contribution in [0.1, 0.15) is 23.8 Å². The molecule has 0 amide bonds. The number of rotatable bonds is 2. The summed E-state index contributed by atoms with van der Waals surface area (Å²) in [4.78, 5) is 0. The monoisotopic (exact) mass is 178 g/mol. The first-order valence-electron chi connectivity index (χ1n) is 4.98. The van der Waals surface area contributed by atoms with Gasteiger partial charge in [-0.2, -0.15) is 0 Å². The summed E-state index contributed by atoms with van der Waals surface area (Å²) < 4.78 is 0. The Balaban J connectivity index is 2.30. The van der Waals surface area contributed by atoms with Gasteiger partial charge in [0.2, 0.25) is 0 Å². The van der Waals surface area contributed by atoms with Crippen LogP contribution in [-0.2, 0) is 0 Å². The molecule has 66 valence electrons. The van der Waals surface area contributed by atoms with Crippen molar-refractivity contribution in [3.05, 3.63) is 59.2 Å². The van der Waals surface area contributed by atoms with E-state index in [0.717, 1.165) is 0 Å². The molecule has 2 heterocycles. The van der Waals surface area contributed by atoms with Gasteiger partial charge in [0.1, 0.15) is 0 Å². The zero-order valence-corrected chi connectivity index (χ0v) is 8.35. The third kappa shape index (κ3) is 2.01. The summed E-state index contributed by atoms with van der Waals surface area (Å²) in [6.45, 7) is 6.60. The summed E-state index contributed by atoms with van der Waals surface area (Å²) in [6.07, 6.45) is 0. The molecular formula is C12H12B2. The summed E-state index contributed by atoms with van der Waals surface area (Å²) >= 11 is 0. The molecule has 0 atom stereocenters. The number of hydrogen-bond acceptors (Lipinski definition) is 0. The van der Waals surface area contributed by atoms with Crippen LogP contribution in [-0.4, -0.2) is 13.8 Å². The van der Waals surface area contributed by atoms with E-state index < -0.39 is 0 Å². The SMILES string of the molecule is CC(c1bcccc1)c1bcccc1. The molecule has 2 heteroatoms. The molecular weight excluding hydrogens is 166 g/mol. The molecule has 0 fully saturated rings. The van der Waals surface area contributed by atoms with E-state index in [1.54, 1.807) is 0 Å². The van der Waals surface area contributed by atoms with Gasteiger partial charge in [0.25, 0.3) is 0 Å². The third-order valence-electron chi connectivity index (χ3n) is 2.60.